The van der Waals surface area contributed by atoms with Gasteiger partial charge in [0.25, 0.3) is 0 Å². The van der Waals surface area contributed by atoms with Gasteiger partial charge in [-0.25, -0.2) is 15.0 Å². The Kier molecular flexibility index (Phi) is 4.21. The van der Waals surface area contributed by atoms with Crippen LogP contribution in [-0.4, -0.2) is 15.0 Å². The summed E-state index contributed by atoms with van der Waals surface area (Å²) in [7, 11) is 0. The van der Waals surface area contributed by atoms with E-state index in [0.29, 0.717) is 11.1 Å². The molecular formula is C45H29N3O. The summed E-state index contributed by atoms with van der Waals surface area (Å²) in [5.74, 6) is 0.0475. The van der Waals surface area contributed by atoms with Gasteiger partial charge in [0, 0.05) is 27.5 Å². The van der Waals surface area contributed by atoms with Gasteiger partial charge in [-0.3, -0.25) is 0 Å². The van der Waals surface area contributed by atoms with E-state index in [1.54, 1.807) is 42.5 Å². The molecule has 0 spiro atoms. The SMILES string of the molecule is [2H]c1c([2H])c(-c2nc(-c3ccccc3)nc(-c3ccc(-c4ccccc4)cc3)n2)c([2H])c(-c2c([2H])c([2H])c([2H])c(-c3c([2H])c([2H])c4oc5c([2H])c([2H])c([2H])c([2H])c5c4c3[2H])c2[2H])c1[2H]. The molecule has 0 radical (unpaired) electrons. The maximum absolute atomic E-state index is 9.56. The fourth-order valence-electron chi connectivity index (χ4n) is 5.38. The van der Waals surface area contributed by atoms with E-state index in [2.05, 4.69) is 9.97 Å². The Balaban J connectivity index is 1.30. The van der Waals surface area contributed by atoms with E-state index in [-0.39, 0.29) is 39.4 Å². The first-order valence-electron chi connectivity index (χ1n) is 22.6. The molecule has 0 unspecified atom stereocenters. The van der Waals surface area contributed by atoms with Gasteiger partial charge in [0.15, 0.2) is 17.5 Å². The zero-order valence-electron chi connectivity index (χ0n) is 40.3. The number of aromatic nitrogens is 3. The zero-order chi connectivity index (χ0) is 45.6. The van der Waals surface area contributed by atoms with E-state index < -0.39 is 118 Å². The molecule has 7 aromatic carbocycles. The van der Waals surface area contributed by atoms with Crippen molar-refractivity contribution in [1.29, 1.82) is 0 Å². The molecule has 2 heterocycles. The highest BCUT2D eigenvalue weighted by atomic mass is 16.3. The number of fused-ring (bicyclic) bond motifs is 3. The minimum atomic E-state index is -0.847. The number of hydrogen-bond donors (Lipinski definition) is 0. The number of nitrogens with zero attached hydrogens (tertiary/aromatic N) is 3. The fourth-order valence-corrected chi connectivity index (χ4v) is 5.38. The van der Waals surface area contributed by atoms with Crippen molar-refractivity contribution in [1.82, 2.24) is 15.0 Å². The third kappa shape index (κ3) is 5.56. The van der Waals surface area contributed by atoms with Gasteiger partial charge in [-0.1, -0.05) is 145 Å². The summed E-state index contributed by atoms with van der Waals surface area (Å²) < 4.78 is 139. The molecule has 0 saturated heterocycles. The van der Waals surface area contributed by atoms with Crippen LogP contribution in [0, 0.1) is 0 Å². The van der Waals surface area contributed by atoms with Gasteiger partial charge in [0.05, 0.1) is 20.6 Å². The normalized spacial score (nSPS) is 15.6. The first-order chi connectivity index (χ1) is 30.5. The summed E-state index contributed by atoms with van der Waals surface area (Å²) >= 11 is 0. The predicted octanol–water partition coefficient (Wildman–Crippen LogP) is 11.8. The average molecular weight is 643 g/mol. The Morgan fingerprint density at radius 3 is 1.49 bits per heavy atom. The minimum absolute atomic E-state index is 0.145. The lowest BCUT2D eigenvalue weighted by atomic mass is 9.97. The highest BCUT2D eigenvalue weighted by molar-refractivity contribution is 6.06. The van der Waals surface area contributed by atoms with Gasteiger partial charge in [-0.15, -0.1) is 0 Å². The molecule has 0 amide bonds. The van der Waals surface area contributed by atoms with Crippen molar-refractivity contribution in [2.75, 3.05) is 0 Å². The van der Waals surface area contributed by atoms with E-state index in [0.717, 1.165) is 11.1 Å². The molecule has 0 atom stereocenters. The van der Waals surface area contributed by atoms with Gasteiger partial charge >= 0.3 is 0 Å². The Labute approximate surface area is 305 Å². The molecule has 0 aliphatic rings. The van der Waals surface area contributed by atoms with Gasteiger partial charge < -0.3 is 4.42 Å². The third-order valence-corrected chi connectivity index (χ3v) is 7.78. The highest BCUT2D eigenvalue weighted by Gasteiger charge is 2.14. The lowest BCUT2D eigenvalue weighted by Crippen LogP contribution is -2.00. The largest absolute Gasteiger partial charge is 0.456 e. The van der Waals surface area contributed by atoms with Crippen LogP contribution in [0.5, 0.6) is 0 Å². The number of hydrogen-bond acceptors (Lipinski definition) is 4. The van der Waals surface area contributed by atoms with Gasteiger partial charge in [-0.2, -0.15) is 0 Å². The van der Waals surface area contributed by atoms with Crippen LogP contribution in [0.2, 0.25) is 0 Å². The van der Waals surface area contributed by atoms with E-state index in [1.807, 2.05) is 42.5 Å². The van der Waals surface area contributed by atoms with Crippen LogP contribution in [0.15, 0.2) is 180 Å². The van der Waals surface area contributed by atoms with Crippen molar-refractivity contribution < 1.29 is 25.0 Å². The molecule has 0 N–H and O–H groups in total. The van der Waals surface area contributed by atoms with E-state index >= 15 is 0 Å². The third-order valence-electron chi connectivity index (χ3n) is 7.78. The van der Waals surface area contributed by atoms with Crippen LogP contribution < -0.4 is 0 Å². The fraction of sp³-hybridized carbons (Fsp3) is 0. The summed E-state index contributed by atoms with van der Waals surface area (Å²) in [5, 5.41) is -0.594. The van der Waals surface area contributed by atoms with Crippen molar-refractivity contribution in [3.63, 3.8) is 0 Å². The Morgan fingerprint density at radius 1 is 0.347 bits per heavy atom. The highest BCUT2D eigenvalue weighted by Crippen LogP contribution is 2.35. The maximum atomic E-state index is 9.56. The van der Waals surface area contributed by atoms with Crippen LogP contribution in [0.25, 0.3) is 89.5 Å². The quantitative estimate of drug-likeness (QED) is 0.181. The molecule has 0 aliphatic carbocycles. The molecule has 0 saturated carbocycles. The van der Waals surface area contributed by atoms with Gasteiger partial charge in [-0.05, 0) is 63.6 Å². The lowest BCUT2D eigenvalue weighted by molar-refractivity contribution is 0.669. The van der Waals surface area contributed by atoms with Crippen LogP contribution in [0.4, 0.5) is 0 Å². The molecule has 4 heteroatoms. The molecule has 49 heavy (non-hydrogen) atoms. The summed E-state index contributed by atoms with van der Waals surface area (Å²) in [4.78, 5) is 14.0. The molecule has 230 valence electrons. The Hall–Kier alpha value is -6.65. The van der Waals surface area contributed by atoms with Gasteiger partial charge in [0.2, 0.25) is 0 Å². The number of furan rings is 1. The smallest absolute Gasteiger partial charge is 0.164 e. The summed E-state index contributed by atoms with van der Waals surface area (Å²) in [6.45, 7) is 0. The number of rotatable bonds is 6. The van der Waals surface area contributed by atoms with Crippen LogP contribution in [0.1, 0.15) is 20.6 Å². The van der Waals surface area contributed by atoms with E-state index in [9.17, 15) is 4.11 Å². The molecule has 0 fully saturated rings. The Morgan fingerprint density at radius 2 is 0.816 bits per heavy atom. The summed E-state index contributed by atoms with van der Waals surface area (Å²) in [6, 6.07) is 15.2. The molecule has 0 bridgehead atoms. The molecule has 4 nitrogen and oxygen atoms in total. The van der Waals surface area contributed by atoms with Crippen LogP contribution in [-0.2, 0) is 0 Å². The number of para-hydroxylation sites is 1. The maximum Gasteiger partial charge on any atom is 0.164 e. The standard InChI is InChI=1S/C45H29N3O/c1-3-11-30(12-4-1)31-21-23-33(24-22-31)44-46-43(32-13-5-2-6-14-32)47-45(48-44)38-18-10-17-36(28-38)34-15-9-16-35(27-34)37-25-26-42-40(29-37)39-19-7-8-20-41(39)49-42/h1-29H/i7D,8D,9D,10D,15D,16D,17D,18D,19D,20D,25D,26D,27D,28D,29D. The molecular weight excluding hydrogens is 599 g/mol. The average Bonchev–Trinajstić information content (AvgIpc) is 3.72. The minimum Gasteiger partial charge on any atom is -0.456 e. The topological polar surface area (TPSA) is 51.8 Å². The van der Waals surface area contributed by atoms with Crippen LogP contribution >= 0.6 is 0 Å². The van der Waals surface area contributed by atoms with E-state index in [4.69, 9.17) is 25.9 Å². The number of benzene rings is 7. The van der Waals surface area contributed by atoms with Crippen molar-refractivity contribution in [2.45, 2.75) is 0 Å². The van der Waals surface area contributed by atoms with Crippen LogP contribution in [0.3, 0.4) is 0 Å². The van der Waals surface area contributed by atoms with Gasteiger partial charge in [0.1, 0.15) is 11.2 Å². The van der Waals surface area contributed by atoms with Crippen molar-refractivity contribution >= 4 is 21.9 Å². The lowest BCUT2D eigenvalue weighted by Gasteiger charge is -2.11. The van der Waals surface area contributed by atoms with Crippen molar-refractivity contribution in [3.8, 4) is 67.5 Å². The Bertz CT molecular complexity index is 3440. The molecule has 9 rings (SSSR count). The second-order valence-electron chi connectivity index (χ2n) is 10.9. The predicted molar refractivity (Wildman–Crippen MR) is 200 cm³/mol. The summed E-state index contributed by atoms with van der Waals surface area (Å²) in [6.07, 6.45) is 0. The second-order valence-corrected chi connectivity index (χ2v) is 10.9. The molecule has 9 aromatic rings. The molecule has 0 aliphatic heterocycles. The van der Waals surface area contributed by atoms with Crippen molar-refractivity contribution in [3.05, 3.63) is 176 Å². The van der Waals surface area contributed by atoms with E-state index in [1.165, 1.54) is 0 Å². The van der Waals surface area contributed by atoms with Crippen molar-refractivity contribution in [2.24, 2.45) is 0 Å². The zero-order valence-corrected chi connectivity index (χ0v) is 25.3. The first kappa shape index (κ1) is 17.0. The molecule has 2 aromatic heterocycles. The first-order valence-corrected chi connectivity index (χ1v) is 15.1. The monoisotopic (exact) mass is 642 g/mol. The summed E-state index contributed by atoms with van der Waals surface area (Å²) in [5.41, 5.74) is -0.553. The second kappa shape index (κ2) is 12.2.